The van der Waals surface area contributed by atoms with Crippen LogP contribution in [0.5, 0.6) is 0 Å². The van der Waals surface area contributed by atoms with E-state index in [0.29, 0.717) is 12.8 Å². The fraction of sp³-hybridized carbons (Fsp3) is 0.750. The summed E-state index contributed by atoms with van der Waals surface area (Å²) in [6, 6.07) is -1.26. The van der Waals surface area contributed by atoms with Crippen LogP contribution in [0.25, 0.3) is 0 Å². The third-order valence-corrected chi connectivity index (χ3v) is 1.40. The van der Waals surface area contributed by atoms with Gasteiger partial charge in [0.25, 0.3) is 0 Å². The molecule has 0 spiro atoms. The summed E-state index contributed by atoms with van der Waals surface area (Å²) in [5.41, 5.74) is 0. The monoisotopic (exact) mass is 160 g/mol. The Bertz CT molecular complexity index is 127. The molecule has 3 heteroatoms. The van der Waals surface area contributed by atoms with Crippen LogP contribution in [0.2, 0.25) is 0 Å². The van der Waals surface area contributed by atoms with E-state index in [0.717, 1.165) is 12.8 Å². The van der Waals surface area contributed by atoms with Crippen LogP contribution in [0, 0.1) is 0 Å². The van der Waals surface area contributed by atoms with Gasteiger partial charge in [-0.05, 0) is 19.8 Å². The van der Waals surface area contributed by atoms with Crippen LogP contribution in [-0.4, -0.2) is 11.8 Å². The van der Waals surface area contributed by atoms with Crippen molar-refractivity contribution in [1.82, 2.24) is 0 Å². The van der Waals surface area contributed by atoms with Crippen LogP contribution in [0.3, 0.4) is 0 Å². The molecule has 0 bridgehead atoms. The predicted octanol–water partition coefficient (Wildman–Crippen LogP) is 2.02. The van der Waals surface area contributed by atoms with Gasteiger partial charge < -0.3 is 4.79 Å². The normalized spacial score (nSPS) is 9.64. The Morgan fingerprint density at radius 1 is 1.09 bits per heavy atom. The summed E-state index contributed by atoms with van der Waals surface area (Å²) in [6.45, 7) is 1.53. The molecular formula is C8H13FO2. The topological polar surface area (TPSA) is 34.1 Å². The second-order valence-electron chi connectivity index (χ2n) is 2.62. The highest BCUT2D eigenvalue weighted by Crippen LogP contribution is 2.03. The molecule has 0 saturated heterocycles. The highest BCUT2D eigenvalue weighted by Gasteiger charge is 1.98. The third kappa shape index (κ3) is 9.27. The highest BCUT2D eigenvalue weighted by atomic mass is 19.1. The lowest BCUT2D eigenvalue weighted by molar-refractivity contribution is -0.129. The smallest absolute Gasteiger partial charge is 0.300 e. The largest absolute Gasteiger partial charge is 0.301 e. The summed E-state index contributed by atoms with van der Waals surface area (Å²) in [6.07, 6.45) is 2.62. The molecule has 2 nitrogen and oxygen atoms in total. The molecule has 0 aromatic heterocycles. The lowest BCUT2D eigenvalue weighted by atomic mass is 10.1. The van der Waals surface area contributed by atoms with E-state index in [9.17, 15) is 14.0 Å². The molecule has 0 aromatic rings. The minimum atomic E-state index is -1.26. The van der Waals surface area contributed by atoms with E-state index >= 15 is 0 Å². The van der Waals surface area contributed by atoms with Gasteiger partial charge in [0.1, 0.15) is 5.78 Å². The molecule has 0 saturated carbocycles. The number of hydrogen-bond acceptors (Lipinski definition) is 2. The minimum Gasteiger partial charge on any atom is -0.300 e. The number of halogens is 1. The molecule has 0 radical (unpaired) electrons. The van der Waals surface area contributed by atoms with Gasteiger partial charge in [0.05, 0.1) is 0 Å². The van der Waals surface area contributed by atoms with Crippen molar-refractivity contribution in [3.63, 3.8) is 0 Å². The molecular weight excluding hydrogens is 147 g/mol. The summed E-state index contributed by atoms with van der Waals surface area (Å²) in [5, 5.41) is 0. The summed E-state index contributed by atoms with van der Waals surface area (Å²) in [7, 11) is 0. The number of carbonyl (C=O) groups is 2. The zero-order valence-electron chi connectivity index (χ0n) is 6.73. The third-order valence-electron chi connectivity index (χ3n) is 1.40. The number of carbonyl (C=O) groups excluding carboxylic acids is 2. The van der Waals surface area contributed by atoms with Gasteiger partial charge in [-0.2, -0.15) is 4.39 Å². The zero-order chi connectivity index (χ0) is 8.69. The zero-order valence-corrected chi connectivity index (χ0v) is 6.73. The number of unbranched alkanes of at least 4 members (excludes halogenated alkanes) is 2. The van der Waals surface area contributed by atoms with Gasteiger partial charge in [0, 0.05) is 12.8 Å². The number of rotatable bonds is 6. The van der Waals surface area contributed by atoms with Gasteiger partial charge >= 0.3 is 6.04 Å². The van der Waals surface area contributed by atoms with Crippen LogP contribution >= 0.6 is 0 Å². The highest BCUT2D eigenvalue weighted by molar-refractivity contribution is 5.75. The molecule has 64 valence electrons. The molecule has 0 amide bonds. The van der Waals surface area contributed by atoms with Gasteiger partial charge in [-0.3, -0.25) is 4.79 Å². The Morgan fingerprint density at radius 2 is 1.64 bits per heavy atom. The fourth-order valence-corrected chi connectivity index (χ4v) is 0.815. The molecule has 0 aliphatic heterocycles. The standard InChI is InChI=1S/C8H13FO2/c1-7(10)5-3-2-4-6-8(9)11/h2-6H2,1H3. The maximum atomic E-state index is 11.6. The first-order valence-corrected chi connectivity index (χ1v) is 3.80. The molecule has 0 rings (SSSR count). The van der Waals surface area contributed by atoms with Gasteiger partial charge in [-0.25, -0.2) is 0 Å². The van der Waals surface area contributed by atoms with E-state index in [1.807, 2.05) is 0 Å². The van der Waals surface area contributed by atoms with E-state index in [4.69, 9.17) is 0 Å². The first kappa shape index (κ1) is 10.3. The quantitative estimate of drug-likeness (QED) is 0.440. The van der Waals surface area contributed by atoms with Crippen molar-refractivity contribution < 1.29 is 14.0 Å². The molecule has 11 heavy (non-hydrogen) atoms. The second kappa shape index (κ2) is 6.01. The number of ketones is 1. The van der Waals surface area contributed by atoms with Crippen molar-refractivity contribution in [2.75, 3.05) is 0 Å². The lowest BCUT2D eigenvalue weighted by Gasteiger charge is -1.94. The lowest BCUT2D eigenvalue weighted by Crippen LogP contribution is -1.91. The Balaban J connectivity index is 3.03. The van der Waals surface area contributed by atoms with E-state index in [1.54, 1.807) is 0 Å². The average molecular weight is 160 g/mol. The van der Waals surface area contributed by atoms with E-state index in [1.165, 1.54) is 6.92 Å². The maximum absolute atomic E-state index is 11.6. The van der Waals surface area contributed by atoms with Crippen LogP contribution < -0.4 is 0 Å². The fourth-order valence-electron chi connectivity index (χ4n) is 0.815. The van der Waals surface area contributed by atoms with Crippen molar-refractivity contribution in [1.29, 1.82) is 0 Å². The molecule has 0 aliphatic carbocycles. The molecule has 0 heterocycles. The van der Waals surface area contributed by atoms with E-state index < -0.39 is 6.04 Å². The van der Waals surface area contributed by atoms with Crippen LogP contribution in [0.4, 0.5) is 4.39 Å². The second-order valence-corrected chi connectivity index (χ2v) is 2.62. The van der Waals surface area contributed by atoms with Crippen molar-refractivity contribution in [2.24, 2.45) is 0 Å². The predicted molar refractivity (Wildman–Crippen MR) is 39.9 cm³/mol. The Morgan fingerprint density at radius 3 is 2.09 bits per heavy atom. The van der Waals surface area contributed by atoms with Crippen molar-refractivity contribution in [3.8, 4) is 0 Å². The summed E-state index contributed by atoms with van der Waals surface area (Å²) < 4.78 is 11.6. The SMILES string of the molecule is CC(=O)CCCCCC(=O)F. The molecule has 0 unspecified atom stereocenters. The first-order valence-electron chi connectivity index (χ1n) is 3.80. The van der Waals surface area contributed by atoms with Gasteiger partial charge in [0.15, 0.2) is 0 Å². The number of hydrogen-bond donors (Lipinski definition) is 0. The average Bonchev–Trinajstić information content (AvgIpc) is 1.85. The van der Waals surface area contributed by atoms with Gasteiger partial charge in [-0.15, -0.1) is 0 Å². The van der Waals surface area contributed by atoms with Crippen LogP contribution in [0.1, 0.15) is 39.0 Å². The summed E-state index contributed by atoms with van der Waals surface area (Å²) >= 11 is 0. The number of Topliss-reactive ketones (excluding diaryl/α,β-unsaturated/α-hetero) is 1. The first-order chi connectivity index (χ1) is 5.13. The van der Waals surface area contributed by atoms with E-state index in [2.05, 4.69) is 0 Å². The van der Waals surface area contributed by atoms with Crippen molar-refractivity contribution >= 4 is 11.8 Å². The summed E-state index contributed by atoms with van der Waals surface area (Å²) in [4.78, 5) is 20.2. The molecule has 0 N–H and O–H groups in total. The Labute approximate surface area is 65.8 Å². The molecule has 0 aromatic carbocycles. The van der Waals surface area contributed by atoms with Crippen LogP contribution in [-0.2, 0) is 9.59 Å². The maximum Gasteiger partial charge on any atom is 0.301 e. The van der Waals surface area contributed by atoms with E-state index in [-0.39, 0.29) is 12.2 Å². The Kier molecular flexibility index (Phi) is 5.61. The minimum absolute atomic E-state index is 0.00208. The molecule has 0 fully saturated rings. The van der Waals surface area contributed by atoms with Crippen molar-refractivity contribution in [3.05, 3.63) is 0 Å². The Hall–Kier alpha value is -0.730. The molecule has 0 atom stereocenters. The van der Waals surface area contributed by atoms with Crippen LogP contribution in [0.15, 0.2) is 0 Å². The van der Waals surface area contributed by atoms with Crippen molar-refractivity contribution in [2.45, 2.75) is 39.0 Å². The molecule has 0 aliphatic rings. The summed E-state index contributed by atoms with van der Waals surface area (Å²) in [5.74, 6) is 0.150. The van der Waals surface area contributed by atoms with Gasteiger partial charge in [-0.1, -0.05) is 6.42 Å². The van der Waals surface area contributed by atoms with Gasteiger partial charge in [0.2, 0.25) is 0 Å².